The van der Waals surface area contributed by atoms with Gasteiger partial charge >= 0.3 is 0 Å². The van der Waals surface area contributed by atoms with E-state index in [9.17, 15) is 9.59 Å². The van der Waals surface area contributed by atoms with E-state index in [-0.39, 0.29) is 24.7 Å². The van der Waals surface area contributed by atoms with Crippen molar-refractivity contribution in [2.75, 3.05) is 10.6 Å². The van der Waals surface area contributed by atoms with Crippen LogP contribution in [-0.2, 0) is 22.4 Å². The fourth-order valence-electron chi connectivity index (χ4n) is 2.33. The molecule has 2 aromatic carbocycles. The van der Waals surface area contributed by atoms with E-state index < -0.39 is 0 Å². The van der Waals surface area contributed by atoms with Gasteiger partial charge in [0.2, 0.25) is 11.8 Å². The molecule has 132 valence electrons. The van der Waals surface area contributed by atoms with Crippen LogP contribution in [0.1, 0.15) is 11.3 Å². The second kappa shape index (κ2) is 8.60. The fraction of sp³-hybridized carbons (Fsp3) is 0.105. The number of hydrogen-bond donors (Lipinski definition) is 2. The SMILES string of the molecule is O=C(Cc1csc(NC(=O)Cc2ccccc2)n1)Nc1cccc(Cl)c1. The van der Waals surface area contributed by atoms with E-state index >= 15 is 0 Å². The molecule has 0 radical (unpaired) electrons. The molecule has 0 aliphatic rings. The largest absolute Gasteiger partial charge is 0.326 e. The Balaban J connectivity index is 1.52. The van der Waals surface area contributed by atoms with Gasteiger partial charge in [-0.15, -0.1) is 11.3 Å². The number of carbonyl (C=O) groups excluding carboxylic acids is 2. The van der Waals surface area contributed by atoms with Crippen LogP contribution in [-0.4, -0.2) is 16.8 Å². The molecule has 3 rings (SSSR count). The lowest BCUT2D eigenvalue weighted by Gasteiger charge is -2.04. The van der Waals surface area contributed by atoms with Crippen molar-refractivity contribution in [2.45, 2.75) is 12.8 Å². The van der Waals surface area contributed by atoms with Gasteiger partial charge in [-0.25, -0.2) is 4.98 Å². The van der Waals surface area contributed by atoms with E-state index in [1.807, 2.05) is 30.3 Å². The van der Waals surface area contributed by atoms with E-state index in [1.54, 1.807) is 29.6 Å². The number of hydrogen-bond acceptors (Lipinski definition) is 4. The van der Waals surface area contributed by atoms with Crippen LogP contribution in [0, 0.1) is 0 Å². The number of halogens is 1. The average Bonchev–Trinajstić information content (AvgIpc) is 3.02. The molecule has 0 unspecified atom stereocenters. The zero-order valence-corrected chi connectivity index (χ0v) is 15.3. The molecule has 26 heavy (non-hydrogen) atoms. The zero-order chi connectivity index (χ0) is 18.4. The highest BCUT2D eigenvalue weighted by molar-refractivity contribution is 7.13. The van der Waals surface area contributed by atoms with Crippen molar-refractivity contribution in [3.05, 3.63) is 76.3 Å². The minimum absolute atomic E-state index is 0.123. The molecule has 0 bridgehead atoms. The molecule has 3 aromatic rings. The first-order chi connectivity index (χ1) is 12.6. The number of nitrogens with zero attached hydrogens (tertiary/aromatic N) is 1. The van der Waals surface area contributed by atoms with Gasteiger partial charge in [0.25, 0.3) is 0 Å². The summed E-state index contributed by atoms with van der Waals surface area (Å²) in [5.41, 5.74) is 2.17. The first-order valence-electron chi connectivity index (χ1n) is 7.92. The monoisotopic (exact) mass is 385 g/mol. The van der Waals surface area contributed by atoms with E-state index in [2.05, 4.69) is 15.6 Å². The van der Waals surface area contributed by atoms with E-state index in [4.69, 9.17) is 11.6 Å². The van der Waals surface area contributed by atoms with Gasteiger partial charge in [0, 0.05) is 16.1 Å². The summed E-state index contributed by atoms with van der Waals surface area (Å²) in [6.07, 6.45) is 0.405. The van der Waals surface area contributed by atoms with Crippen molar-refractivity contribution >= 4 is 45.6 Å². The van der Waals surface area contributed by atoms with Crippen LogP contribution in [0.4, 0.5) is 10.8 Å². The van der Waals surface area contributed by atoms with Crippen molar-refractivity contribution in [3.63, 3.8) is 0 Å². The van der Waals surface area contributed by atoms with Crippen LogP contribution in [0.25, 0.3) is 0 Å². The molecule has 0 atom stereocenters. The third kappa shape index (κ3) is 5.40. The summed E-state index contributed by atoms with van der Waals surface area (Å²) in [6, 6.07) is 16.4. The summed E-state index contributed by atoms with van der Waals surface area (Å²) >= 11 is 7.19. The normalized spacial score (nSPS) is 10.3. The smallest absolute Gasteiger partial charge is 0.230 e. The minimum Gasteiger partial charge on any atom is -0.326 e. The van der Waals surface area contributed by atoms with Crippen LogP contribution in [0.2, 0.25) is 5.02 Å². The number of aromatic nitrogens is 1. The first-order valence-corrected chi connectivity index (χ1v) is 9.18. The number of anilines is 2. The van der Waals surface area contributed by atoms with Crippen LogP contribution in [0.15, 0.2) is 60.0 Å². The molecule has 0 saturated carbocycles. The van der Waals surface area contributed by atoms with Gasteiger partial charge in [0.1, 0.15) is 0 Å². The van der Waals surface area contributed by atoms with Crippen molar-refractivity contribution in [1.82, 2.24) is 4.98 Å². The van der Waals surface area contributed by atoms with Crippen molar-refractivity contribution in [1.29, 1.82) is 0 Å². The number of rotatable bonds is 6. The molecule has 0 saturated heterocycles. The van der Waals surface area contributed by atoms with Crippen molar-refractivity contribution in [2.24, 2.45) is 0 Å². The van der Waals surface area contributed by atoms with E-state index in [0.717, 1.165) is 5.56 Å². The standard InChI is InChI=1S/C19H16ClN3O2S/c20-14-7-4-8-15(10-14)21-18(25)11-16-12-26-19(22-16)23-17(24)9-13-5-2-1-3-6-13/h1-8,10,12H,9,11H2,(H,21,25)(H,22,23,24). The predicted octanol–water partition coefficient (Wildman–Crippen LogP) is 4.16. The van der Waals surface area contributed by atoms with Crippen molar-refractivity contribution < 1.29 is 9.59 Å². The highest BCUT2D eigenvalue weighted by Crippen LogP contribution is 2.18. The summed E-state index contributed by atoms with van der Waals surface area (Å²) < 4.78 is 0. The Labute approximate surface area is 160 Å². The Kier molecular flexibility index (Phi) is 5.99. The lowest BCUT2D eigenvalue weighted by Crippen LogP contribution is -2.15. The summed E-state index contributed by atoms with van der Waals surface area (Å²) in [6.45, 7) is 0. The van der Waals surface area contributed by atoms with Gasteiger partial charge in [0.15, 0.2) is 5.13 Å². The number of benzene rings is 2. The second-order valence-electron chi connectivity index (χ2n) is 5.59. The average molecular weight is 386 g/mol. The third-order valence-corrected chi connectivity index (χ3v) is 4.50. The number of nitrogens with one attached hydrogen (secondary N) is 2. The summed E-state index contributed by atoms with van der Waals surface area (Å²) in [5, 5.41) is 8.33. The zero-order valence-electron chi connectivity index (χ0n) is 13.7. The van der Waals surface area contributed by atoms with Crippen LogP contribution >= 0.6 is 22.9 Å². The molecule has 2 N–H and O–H groups in total. The summed E-state index contributed by atoms with van der Waals surface area (Å²) in [5.74, 6) is -0.333. The Hall–Kier alpha value is -2.70. The second-order valence-corrected chi connectivity index (χ2v) is 6.88. The maximum Gasteiger partial charge on any atom is 0.230 e. The molecule has 5 nitrogen and oxygen atoms in total. The lowest BCUT2D eigenvalue weighted by molar-refractivity contribution is -0.116. The molecule has 0 fully saturated rings. The van der Waals surface area contributed by atoms with Crippen LogP contribution < -0.4 is 10.6 Å². The molecule has 2 amide bonds. The van der Waals surface area contributed by atoms with Gasteiger partial charge < -0.3 is 10.6 Å². The molecule has 7 heteroatoms. The molecular formula is C19H16ClN3O2S. The van der Waals surface area contributed by atoms with Gasteiger partial charge in [-0.05, 0) is 23.8 Å². The molecule has 1 aromatic heterocycles. The Morgan fingerprint density at radius 3 is 2.50 bits per heavy atom. The Morgan fingerprint density at radius 1 is 0.962 bits per heavy atom. The molecule has 0 aliphatic heterocycles. The van der Waals surface area contributed by atoms with Gasteiger partial charge in [-0.1, -0.05) is 48.0 Å². The highest BCUT2D eigenvalue weighted by atomic mass is 35.5. The van der Waals surface area contributed by atoms with Crippen LogP contribution in [0.5, 0.6) is 0 Å². The maximum absolute atomic E-state index is 12.1. The predicted molar refractivity (Wildman–Crippen MR) is 105 cm³/mol. The Bertz CT molecular complexity index is 912. The summed E-state index contributed by atoms with van der Waals surface area (Å²) in [4.78, 5) is 28.4. The van der Waals surface area contributed by atoms with Crippen LogP contribution in [0.3, 0.4) is 0 Å². The van der Waals surface area contributed by atoms with E-state index in [1.165, 1.54) is 11.3 Å². The van der Waals surface area contributed by atoms with Gasteiger partial charge in [0.05, 0.1) is 18.5 Å². The maximum atomic E-state index is 12.1. The van der Waals surface area contributed by atoms with Gasteiger partial charge in [-0.3, -0.25) is 9.59 Å². The topological polar surface area (TPSA) is 71.1 Å². The van der Waals surface area contributed by atoms with Crippen molar-refractivity contribution in [3.8, 4) is 0 Å². The number of amides is 2. The third-order valence-electron chi connectivity index (χ3n) is 3.46. The van der Waals surface area contributed by atoms with Gasteiger partial charge in [-0.2, -0.15) is 0 Å². The number of carbonyl (C=O) groups is 2. The lowest BCUT2D eigenvalue weighted by atomic mass is 10.1. The molecular weight excluding hydrogens is 370 g/mol. The van der Waals surface area contributed by atoms with E-state index in [0.29, 0.717) is 21.5 Å². The Morgan fingerprint density at radius 2 is 1.73 bits per heavy atom. The highest BCUT2D eigenvalue weighted by Gasteiger charge is 2.11. The first kappa shape index (κ1) is 18.1. The molecule has 1 heterocycles. The fourth-order valence-corrected chi connectivity index (χ4v) is 3.24. The quantitative estimate of drug-likeness (QED) is 0.669. The molecule has 0 aliphatic carbocycles. The summed E-state index contributed by atoms with van der Waals surface area (Å²) in [7, 11) is 0. The molecule has 0 spiro atoms. The minimum atomic E-state index is -0.195. The number of thiazole rings is 1.